The molecule has 2 heterocycles. The van der Waals surface area contributed by atoms with Gasteiger partial charge in [-0.1, -0.05) is 13.0 Å². The topological polar surface area (TPSA) is 87.0 Å². The number of rotatable bonds is 5. The normalized spacial score (nSPS) is 19.0. The number of non-ortho nitro benzene ring substituents is 1. The zero-order valence-electron chi connectivity index (χ0n) is 18.4. The van der Waals surface area contributed by atoms with Crippen LogP contribution in [-0.2, 0) is 9.59 Å². The van der Waals surface area contributed by atoms with Crippen LogP contribution in [0.4, 0.5) is 17.1 Å². The molecule has 0 spiro atoms. The second-order valence-corrected chi connectivity index (χ2v) is 8.58. The Morgan fingerprint density at radius 3 is 2.41 bits per heavy atom. The molecule has 0 radical (unpaired) electrons. The highest BCUT2D eigenvalue weighted by Gasteiger charge is 2.43. The number of carbonyl (C=O) groups is 2. The molecule has 8 heteroatoms. The number of piperidine rings is 1. The average molecular weight is 434 g/mol. The molecule has 0 aliphatic carbocycles. The zero-order chi connectivity index (χ0) is 23.0. The summed E-state index contributed by atoms with van der Waals surface area (Å²) in [5, 5.41) is 11.1. The van der Waals surface area contributed by atoms with Crippen LogP contribution >= 0.6 is 0 Å². The van der Waals surface area contributed by atoms with Crippen LogP contribution in [0.5, 0.6) is 0 Å². The molecule has 1 unspecified atom stereocenters. The molecule has 32 heavy (non-hydrogen) atoms. The van der Waals surface area contributed by atoms with Crippen LogP contribution in [0.1, 0.15) is 25.3 Å². The number of likely N-dealkylation sites (tertiary alicyclic amines) is 1. The molecule has 1 fully saturated rings. The van der Waals surface area contributed by atoms with Crippen LogP contribution in [0, 0.1) is 16.0 Å². The number of benzene rings is 2. The third-order valence-corrected chi connectivity index (χ3v) is 6.00. The maximum Gasteiger partial charge on any atom is 0.282 e. The van der Waals surface area contributed by atoms with Gasteiger partial charge >= 0.3 is 0 Å². The molecule has 0 saturated carbocycles. The molecule has 2 aromatic carbocycles. The van der Waals surface area contributed by atoms with E-state index in [4.69, 9.17) is 0 Å². The van der Waals surface area contributed by atoms with Crippen molar-refractivity contribution in [1.82, 2.24) is 4.90 Å². The summed E-state index contributed by atoms with van der Waals surface area (Å²) in [7, 11) is 3.79. The predicted octanol–water partition coefficient (Wildman–Crippen LogP) is 3.68. The number of carbonyl (C=O) groups excluding carboxylic acids is 2. The van der Waals surface area contributed by atoms with Crippen molar-refractivity contribution >= 4 is 34.4 Å². The Morgan fingerprint density at radius 1 is 1.06 bits per heavy atom. The van der Waals surface area contributed by atoms with Crippen LogP contribution in [0.15, 0.2) is 54.2 Å². The van der Waals surface area contributed by atoms with Gasteiger partial charge in [-0.15, -0.1) is 0 Å². The van der Waals surface area contributed by atoms with Crippen molar-refractivity contribution in [1.29, 1.82) is 0 Å². The smallest absolute Gasteiger partial charge is 0.282 e. The van der Waals surface area contributed by atoms with E-state index in [-0.39, 0.29) is 11.6 Å². The fourth-order valence-corrected chi connectivity index (χ4v) is 4.36. The molecule has 2 aliphatic rings. The van der Waals surface area contributed by atoms with E-state index in [9.17, 15) is 19.7 Å². The Morgan fingerprint density at radius 2 is 1.78 bits per heavy atom. The minimum atomic E-state index is -0.480. The molecule has 0 bridgehead atoms. The first kappa shape index (κ1) is 21.5. The molecule has 2 aromatic rings. The minimum absolute atomic E-state index is 0.0604. The van der Waals surface area contributed by atoms with E-state index in [0.29, 0.717) is 41.5 Å². The summed E-state index contributed by atoms with van der Waals surface area (Å²) in [5.41, 5.74) is 2.51. The van der Waals surface area contributed by atoms with Crippen molar-refractivity contribution in [2.45, 2.75) is 19.8 Å². The summed E-state index contributed by atoms with van der Waals surface area (Å²) in [5.74, 6) is -0.357. The van der Waals surface area contributed by atoms with Gasteiger partial charge in [0.2, 0.25) is 0 Å². The summed E-state index contributed by atoms with van der Waals surface area (Å²) >= 11 is 0. The van der Waals surface area contributed by atoms with Gasteiger partial charge in [-0.2, -0.15) is 0 Å². The van der Waals surface area contributed by atoms with Crippen molar-refractivity contribution < 1.29 is 14.5 Å². The first-order valence-electron chi connectivity index (χ1n) is 10.7. The number of imide groups is 1. The van der Waals surface area contributed by atoms with E-state index in [2.05, 4.69) is 6.92 Å². The van der Waals surface area contributed by atoms with Gasteiger partial charge in [0.05, 0.1) is 16.2 Å². The number of nitro benzene ring substituents is 1. The lowest BCUT2D eigenvalue weighted by Crippen LogP contribution is -2.39. The summed E-state index contributed by atoms with van der Waals surface area (Å²) in [6.45, 7) is 3.52. The van der Waals surface area contributed by atoms with Crippen LogP contribution in [0.2, 0.25) is 0 Å². The van der Waals surface area contributed by atoms with Crippen molar-refractivity contribution in [3.8, 4) is 0 Å². The van der Waals surface area contributed by atoms with E-state index >= 15 is 0 Å². The van der Waals surface area contributed by atoms with E-state index in [1.807, 2.05) is 42.1 Å². The molecule has 2 aliphatic heterocycles. The van der Waals surface area contributed by atoms with Crippen molar-refractivity contribution in [2.24, 2.45) is 5.92 Å². The molecule has 1 saturated heterocycles. The Hall–Kier alpha value is -3.68. The van der Waals surface area contributed by atoms with Gasteiger partial charge < -0.3 is 9.80 Å². The number of nitrogens with zero attached hydrogens (tertiary/aromatic N) is 4. The van der Waals surface area contributed by atoms with Crippen LogP contribution in [0.25, 0.3) is 5.57 Å². The van der Waals surface area contributed by atoms with E-state index in [1.54, 1.807) is 18.2 Å². The van der Waals surface area contributed by atoms with Gasteiger partial charge in [0, 0.05) is 45.0 Å². The zero-order valence-corrected chi connectivity index (χ0v) is 18.4. The maximum absolute atomic E-state index is 13.6. The van der Waals surface area contributed by atoms with E-state index < -0.39 is 10.8 Å². The Labute approximate surface area is 186 Å². The summed E-state index contributed by atoms with van der Waals surface area (Å²) in [6.07, 6.45) is 2.02. The lowest BCUT2D eigenvalue weighted by Gasteiger charge is -2.33. The van der Waals surface area contributed by atoms with Gasteiger partial charge in [0.1, 0.15) is 5.70 Å². The largest absolute Gasteiger partial charge is 0.378 e. The van der Waals surface area contributed by atoms with Crippen LogP contribution in [0.3, 0.4) is 0 Å². The first-order chi connectivity index (χ1) is 15.3. The molecule has 1 atom stereocenters. The number of amides is 2. The molecule has 0 aromatic heterocycles. The second-order valence-electron chi connectivity index (χ2n) is 8.58. The highest BCUT2D eigenvalue weighted by atomic mass is 16.6. The maximum atomic E-state index is 13.6. The summed E-state index contributed by atoms with van der Waals surface area (Å²) in [6, 6.07) is 13.1. The monoisotopic (exact) mass is 434 g/mol. The van der Waals surface area contributed by atoms with Gasteiger partial charge in [-0.05, 0) is 54.7 Å². The SMILES string of the molecule is CC1CCCN(C2=C(c3ccc([N+](=O)[O-])cc3)C(=O)N(c3cccc(N(C)C)c3)C2=O)C1. The molecule has 0 N–H and O–H groups in total. The number of hydrogen-bond acceptors (Lipinski definition) is 6. The molecule has 2 amide bonds. The van der Waals surface area contributed by atoms with Crippen molar-refractivity contribution in [2.75, 3.05) is 37.0 Å². The quantitative estimate of drug-likeness (QED) is 0.405. The predicted molar refractivity (Wildman–Crippen MR) is 123 cm³/mol. The Bertz CT molecular complexity index is 1110. The van der Waals surface area contributed by atoms with Gasteiger partial charge in [-0.25, -0.2) is 4.90 Å². The lowest BCUT2D eigenvalue weighted by molar-refractivity contribution is -0.384. The van der Waals surface area contributed by atoms with Crippen molar-refractivity contribution in [3.63, 3.8) is 0 Å². The molecular formula is C24H26N4O4. The van der Waals surface area contributed by atoms with Gasteiger partial charge in [0.15, 0.2) is 0 Å². The number of nitro groups is 1. The van der Waals surface area contributed by atoms with Crippen molar-refractivity contribution in [3.05, 3.63) is 69.9 Å². The fraction of sp³-hybridized carbons (Fsp3) is 0.333. The number of hydrogen-bond donors (Lipinski definition) is 0. The number of anilines is 2. The second kappa shape index (κ2) is 8.45. The lowest BCUT2D eigenvalue weighted by atomic mass is 9.97. The average Bonchev–Trinajstić information content (AvgIpc) is 3.03. The highest BCUT2D eigenvalue weighted by Crippen LogP contribution is 2.37. The molecular weight excluding hydrogens is 408 g/mol. The summed E-state index contributed by atoms with van der Waals surface area (Å²) < 4.78 is 0. The fourth-order valence-electron chi connectivity index (χ4n) is 4.36. The van der Waals surface area contributed by atoms with Gasteiger partial charge in [0.25, 0.3) is 17.5 Å². The third kappa shape index (κ3) is 3.84. The third-order valence-electron chi connectivity index (χ3n) is 6.00. The first-order valence-corrected chi connectivity index (χ1v) is 10.7. The summed E-state index contributed by atoms with van der Waals surface area (Å²) in [4.78, 5) is 43.0. The standard InChI is InChI=1S/C24H26N4O4/c1-16-6-5-13-26(15-16)22-21(17-9-11-18(12-10-17)28(31)32)23(29)27(24(22)30)20-8-4-7-19(14-20)25(2)3/h4,7-12,14,16H,5-6,13,15H2,1-3H3. The van der Waals surface area contributed by atoms with Gasteiger partial charge in [-0.3, -0.25) is 19.7 Å². The molecule has 166 valence electrons. The Kier molecular flexibility index (Phi) is 5.69. The van der Waals surface area contributed by atoms with Crippen LogP contribution in [-0.4, -0.2) is 48.8 Å². The van der Waals surface area contributed by atoms with E-state index in [1.165, 1.54) is 17.0 Å². The Balaban J connectivity index is 1.81. The minimum Gasteiger partial charge on any atom is -0.378 e. The highest BCUT2D eigenvalue weighted by molar-refractivity contribution is 6.45. The van der Waals surface area contributed by atoms with E-state index in [0.717, 1.165) is 18.5 Å². The molecule has 8 nitrogen and oxygen atoms in total. The van der Waals surface area contributed by atoms with Crippen LogP contribution < -0.4 is 9.80 Å². The molecule has 4 rings (SSSR count).